The summed E-state index contributed by atoms with van der Waals surface area (Å²) in [4.78, 5) is 13.5. The minimum atomic E-state index is -4.11. The van der Waals surface area contributed by atoms with Crippen LogP contribution < -0.4 is 5.32 Å². The minimum absolute atomic E-state index is 0.0339. The molecule has 1 aromatic rings. The third kappa shape index (κ3) is 5.41. The molecule has 1 aliphatic heterocycles. The zero-order chi connectivity index (χ0) is 15.3. The molecule has 2 heterocycles. The van der Waals surface area contributed by atoms with E-state index in [-0.39, 0.29) is 24.1 Å². The molecule has 0 aromatic carbocycles. The first-order valence-electron chi connectivity index (χ1n) is 7.05. The molecule has 0 saturated carbocycles. The normalized spacial score (nSPS) is 20.4. The summed E-state index contributed by atoms with van der Waals surface area (Å²) in [5, 5.41) is 2.77. The van der Waals surface area contributed by atoms with Crippen LogP contribution in [0.3, 0.4) is 0 Å². The van der Waals surface area contributed by atoms with Crippen molar-refractivity contribution in [2.24, 2.45) is 5.92 Å². The second-order valence-electron chi connectivity index (χ2n) is 5.36. The number of nitrogens with zero attached hydrogens (tertiary/aromatic N) is 1. The van der Waals surface area contributed by atoms with Gasteiger partial charge in [0.15, 0.2) is 5.76 Å². The first-order chi connectivity index (χ1) is 9.94. The highest BCUT2D eigenvalue weighted by Crippen LogP contribution is 2.22. The average molecular weight is 304 g/mol. The van der Waals surface area contributed by atoms with Gasteiger partial charge in [-0.2, -0.15) is 13.2 Å². The molecule has 1 amide bonds. The molecule has 4 nitrogen and oxygen atoms in total. The van der Waals surface area contributed by atoms with Crippen LogP contribution in [0.4, 0.5) is 13.2 Å². The Balaban J connectivity index is 1.72. The lowest BCUT2D eigenvalue weighted by atomic mass is 9.98. The fraction of sp³-hybridized carbons (Fsp3) is 0.643. The van der Waals surface area contributed by atoms with Crippen LogP contribution in [0.5, 0.6) is 0 Å². The number of piperidine rings is 1. The summed E-state index contributed by atoms with van der Waals surface area (Å²) in [6.07, 6.45) is -1.69. The van der Waals surface area contributed by atoms with Crippen molar-refractivity contribution in [3.05, 3.63) is 24.2 Å². The molecular formula is C14H19F3N2O2. The van der Waals surface area contributed by atoms with Crippen LogP contribution in [-0.4, -0.2) is 43.2 Å². The lowest BCUT2D eigenvalue weighted by molar-refractivity contribution is -0.138. The number of carbonyl (C=O) groups is 1. The molecule has 0 bridgehead atoms. The van der Waals surface area contributed by atoms with Gasteiger partial charge in [-0.15, -0.1) is 0 Å². The van der Waals surface area contributed by atoms with Crippen molar-refractivity contribution < 1.29 is 22.4 Å². The Morgan fingerprint density at radius 1 is 1.48 bits per heavy atom. The van der Waals surface area contributed by atoms with E-state index in [9.17, 15) is 18.0 Å². The SMILES string of the molecule is O=C(NCC1CCCN(CCC(F)(F)F)C1)c1ccco1. The summed E-state index contributed by atoms with van der Waals surface area (Å²) in [7, 11) is 0. The number of likely N-dealkylation sites (tertiary alicyclic amines) is 1. The van der Waals surface area contributed by atoms with Crippen LogP contribution in [-0.2, 0) is 0 Å². The van der Waals surface area contributed by atoms with E-state index in [4.69, 9.17) is 4.42 Å². The van der Waals surface area contributed by atoms with Crippen LogP contribution >= 0.6 is 0 Å². The van der Waals surface area contributed by atoms with Gasteiger partial charge in [0.25, 0.3) is 5.91 Å². The monoisotopic (exact) mass is 304 g/mol. The van der Waals surface area contributed by atoms with Crippen LogP contribution in [0.15, 0.2) is 22.8 Å². The Bertz CT molecular complexity index is 446. The Labute approximate surface area is 121 Å². The molecule has 0 radical (unpaired) electrons. The molecule has 1 aromatic heterocycles. The molecule has 1 aliphatic rings. The van der Waals surface area contributed by atoms with Gasteiger partial charge in [0.05, 0.1) is 12.7 Å². The molecule has 1 unspecified atom stereocenters. The second-order valence-corrected chi connectivity index (χ2v) is 5.36. The largest absolute Gasteiger partial charge is 0.459 e. The van der Waals surface area contributed by atoms with Crippen molar-refractivity contribution in [2.45, 2.75) is 25.4 Å². The number of halogens is 3. The number of alkyl halides is 3. The third-order valence-electron chi connectivity index (χ3n) is 3.61. The van der Waals surface area contributed by atoms with Crippen molar-refractivity contribution in [1.29, 1.82) is 0 Å². The number of hydrogen-bond donors (Lipinski definition) is 1. The molecule has 7 heteroatoms. The van der Waals surface area contributed by atoms with Crippen LogP contribution in [0.25, 0.3) is 0 Å². The second kappa shape index (κ2) is 6.98. The fourth-order valence-electron chi connectivity index (χ4n) is 2.54. The average Bonchev–Trinajstić information content (AvgIpc) is 2.96. The van der Waals surface area contributed by atoms with Crippen molar-refractivity contribution >= 4 is 5.91 Å². The Kier molecular flexibility index (Phi) is 5.27. The van der Waals surface area contributed by atoms with E-state index in [1.165, 1.54) is 6.26 Å². The zero-order valence-electron chi connectivity index (χ0n) is 11.7. The van der Waals surface area contributed by atoms with Crippen molar-refractivity contribution in [3.63, 3.8) is 0 Å². The van der Waals surface area contributed by atoms with Crippen LogP contribution in [0.2, 0.25) is 0 Å². The number of nitrogens with one attached hydrogen (secondary N) is 1. The van der Waals surface area contributed by atoms with Gasteiger partial charge in [-0.25, -0.2) is 0 Å². The summed E-state index contributed by atoms with van der Waals surface area (Å²) in [6, 6.07) is 3.21. The number of hydrogen-bond acceptors (Lipinski definition) is 3. The van der Waals surface area contributed by atoms with E-state index < -0.39 is 12.6 Å². The predicted molar refractivity (Wildman–Crippen MR) is 70.9 cm³/mol. The highest BCUT2D eigenvalue weighted by atomic mass is 19.4. The maximum Gasteiger partial charge on any atom is 0.390 e. The van der Waals surface area contributed by atoms with Crippen molar-refractivity contribution in [3.8, 4) is 0 Å². The summed E-state index contributed by atoms with van der Waals surface area (Å²) in [5.74, 6) is 0.151. The maximum absolute atomic E-state index is 12.2. The van der Waals surface area contributed by atoms with E-state index >= 15 is 0 Å². The van der Waals surface area contributed by atoms with Crippen LogP contribution in [0.1, 0.15) is 29.8 Å². The van der Waals surface area contributed by atoms with E-state index in [1.807, 2.05) is 4.90 Å². The molecule has 21 heavy (non-hydrogen) atoms. The highest BCUT2D eigenvalue weighted by Gasteiger charge is 2.29. The molecule has 1 N–H and O–H groups in total. The van der Waals surface area contributed by atoms with Gasteiger partial charge in [-0.1, -0.05) is 0 Å². The van der Waals surface area contributed by atoms with Crippen LogP contribution in [0, 0.1) is 5.92 Å². The van der Waals surface area contributed by atoms with E-state index in [2.05, 4.69) is 5.32 Å². The molecule has 2 rings (SSSR count). The van der Waals surface area contributed by atoms with E-state index in [0.717, 1.165) is 12.8 Å². The van der Waals surface area contributed by atoms with Gasteiger partial charge >= 0.3 is 6.18 Å². The molecule has 118 valence electrons. The molecular weight excluding hydrogens is 285 g/mol. The van der Waals surface area contributed by atoms with Gasteiger partial charge < -0.3 is 14.6 Å². The highest BCUT2D eigenvalue weighted by molar-refractivity contribution is 5.91. The standard InChI is InChI=1S/C14H19F3N2O2/c15-14(16,17)5-7-19-6-1-3-11(10-19)9-18-13(20)12-4-2-8-21-12/h2,4,8,11H,1,3,5-7,9-10H2,(H,18,20). The van der Waals surface area contributed by atoms with Gasteiger partial charge in [0.2, 0.25) is 0 Å². The predicted octanol–water partition coefficient (Wildman–Crippen LogP) is 2.67. The number of furan rings is 1. The topological polar surface area (TPSA) is 45.5 Å². The van der Waals surface area contributed by atoms with Gasteiger partial charge in [-0.3, -0.25) is 4.79 Å². The fourth-order valence-corrected chi connectivity index (χ4v) is 2.54. The van der Waals surface area contributed by atoms with E-state index in [1.54, 1.807) is 12.1 Å². The Morgan fingerprint density at radius 2 is 2.29 bits per heavy atom. The van der Waals surface area contributed by atoms with Gasteiger partial charge in [0.1, 0.15) is 0 Å². The first-order valence-corrected chi connectivity index (χ1v) is 7.05. The van der Waals surface area contributed by atoms with Crippen molar-refractivity contribution in [2.75, 3.05) is 26.2 Å². The van der Waals surface area contributed by atoms with E-state index in [0.29, 0.717) is 19.6 Å². The first kappa shape index (κ1) is 15.9. The quantitative estimate of drug-likeness (QED) is 0.909. The summed E-state index contributed by atoms with van der Waals surface area (Å²) < 4.78 is 41.7. The van der Waals surface area contributed by atoms with Gasteiger partial charge in [0, 0.05) is 19.6 Å². The van der Waals surface area contributed by atoms with Crippen molar-refractivity contribution in [1.82, 2.24) is 10.2 Å². The lowest BCUT2D eigenvalue weighted by Crippen LogP contribution is -2.42. The molecule has 1 fully saturated rings. The molecule has 0 aliphatic carbocycles. The zero-order valence-corrected chi connectivity index (χ0v) is 11.7. The lowest BCUT2D eigenvalue weighted by Gasteiger charge is -2.32. The summed E-state index contributed by atoms with van der Waals surface area (Å²) >= 11 is 0. The Morgan fingerprint density at radius 3 is 2.95 bits per heavy atom. The number of amides is 1. The molecule has 0 spiro atoms. The molecule has 1 atom stereocenters. The smallest absolute Gasteiger partial charge is 0.390 e. The summed E-state index contributed by atoms with van der Waals surface area (Å²) in [6.45, 7) is 1.78. The maximum atomic E-state index is 12.2. The van der Waals surface area contributed by atoms with Gasteiger partial charge in [-0.05, 0) is 37.4 Å². The Hall–Kier alpha value is -1.50. The minimum Gasteiger partial charge on any atom is -0.459 e. The number of rotatable bonds is 5. The third-order valence-corrected chi connectivity index (χ3v) is 3.61. The number of carbonyl (C=O) groups excluding carboxylic acids is 1. The summed E-state index contributed by atoms with van der Waals surface area (Å²) in [5.41, 5.74) is 0. The molecule has 1 saturated heterocycles.